The summed E-state index contributed by atoms with van der Waals surface area (Å²) in [5.41, 5.74) is 5.82. The molecule has 1 aliphatic carbocycles. The number of carbonyl (C=O) groups excluding carboxylic acids is 1. The van der Waals surface area contributed by atoms with E-state index in [1.807, 2.05) is 0 Å². The Morgan fingerprint density at radius 3 is 2.22 bits per heavy atom. The molecule has 1 aliphatic heterocycles. The Morgan fingerprint density at radius 1 is 1.17 bits per heavy atom. The van der Waals surface area contributed by atoms with E-state index >= 15 is 0 Å². The average Bonchev–Trinajstić information content (AvgIpc) is 2.71. The minimum absolute atomic E-state index is 0.0259. The maximum absolute atomic E-state index is 12.2. The lowest BCUT2D eigenvalue weighted by Crippen LogP contribution is -2.40. The van der Waals surface area contributed by atoms with Crippen molar-refractivity contribution in [2.75, 3.05) is 19.6 Å². The van der Waals surface area contributed by atoms with Gasteiger partial charge in [-0.1, -0.05) is 19.3 Å². The maximum atomic E-state index is 12.2. The van der Waals surface area contributed by atoms with Crippen LogP contribution in [0, 0.1) is 5.41 Å². The van der Waals surface area contributed by atoms with Crippen LogP contribution in [0.15, 0.2) is 0 Å². The highest BCUT2D eigenvalue weighted by Gasteiger charge is 2.38. The van der Waals surface area contributed by atoms with Crippen molar-refractivity contribution in [2.45, 2.75) is 50.7 Å². The summed E-state index contributed by atoms with van der Waals surface area (Å²) >= 11 is 0. The number of aliphatic hydroxyl groups is 2. The first-order chi connectivity index (χ1) is 8.56. The molecule has 2 fully saturated rings. The topological polar surface area (TPSA) is 86.8 Å². The number of nitrogens with two attached hydrogens (primary N) is 1. The normalized spacial score (nSPS) is 31.6. The van der Waals surface area contributed by atoms with Crippen LogP contribution in [0.3, 0.4) is 0 Å². The van der Waals surface area contributed by atoms with Crippen LogP contribution in [0.4, 0.5) is 0 Å². The highest BCUT2D eigenvalue weighted by atomic mass is 16.3. The van der Waals surface area contributed by atoms with Crippen LogP contribution in [-0.4, -0.2) is 52.9 Å². The minimum Gasteiger partial charge on any atom is -0.388 e. The summed E-state index contributed by atoms with van der Waals surface area (Å²) in [4.78, 5) is 13.8. The van der Waals surface area contributed by atoms with Gasteiger partial charge in [0.25, 0.3) is 0 Å². The summed E-state index contributed by atoms with van der Waals surface area (Å²) in [6.07, 6.45) is 4.44. The third-order valence-electron chi connectivity index (χ3n) is 4.49. The molecule has 0 bridgehead atoms. The van der Waals surface area contributed by atoms with E-state index in [-0.39, 0.29) is 24.4 Å². The number of hydrogen-bond donors (Lipinski definition) is 3. The highest BCUT2D eigenvalue weighted by molar-refractivity contribution is 5.77. The fourth-order valence-corrected chi connectivity index (χ4v) is 3.16. The zero-order valence-electron chi connectivity index (χ0n) is 10.8. The molecule has 0 aromatic rings. The monoisotopic (exact) mass is 256 g/mol. The van der Waals surface area contributed by atoms with Gasteiger partial charge in [-0.3, -0.25) is 4.79 Å². The highest BCUT2D eigenvalue weighted by Crippen LogP contribution is 2.39. The van der Waals surface area contributed by atoms with Gasteiger partial charge in [-0.15, -0.1) is 0 Å². The lowest BCUT2D eigenvalue weighted by molar-refractivity contribution is -0.133. The summed E-state index contributed by atoms with van der Waals surface area (Å²) in [5.74, 6) is 0.0259. The zero-order chi connectivity index (χ0) is 13.2. The SMILES string of the molecule is NCC1(CC(=O)N2CC(O)C(O)C2)CCCCC1. The molecule has 18 heavy (non-hydrogen) atoms. The van der Waals surface area contributed by atoms with Crippen molar-refractivity contribution < 1.29 is 15.0 Å². The van der Waals surface area contributed by atoms with Gasteiger partial charge < -0.3 is 20.8 Å². The Kier molecular flexibility index (Phi) is 4.25. The predicted octanol–water partition coefficient (Wildman–Crippen LogP) is -0.150. The van der Waals surface area contributed by atoms with Crippen LogP contribution in [0.25, 0.3) is 0 Å². The lowest BCUT2D eigenvalue weighted by Gasteiger charge is -2.36. The summed E-state index contributed by atoms with van der Waals surface area (Å²) in [6.45, 7) is 1.05. The quantitative estimate of drug-likeness (QED) is 0.655. The predicted molar refractivity (Wildman–Crippen MR) is 67.8 cm³/mol. The number of amides is 1. The van der Waals surface area contributed by atoms with Crippen molar-refractivity contribution in [3.05, 3.63) is 0 Å². The van der Waals surface area contributed by atoms with E-state index in [4.69, 9.17) is 5.73 Å². The average molecular weight is 256 g/mol. The van der Waals surface area contributed by atoms with Gasteiger partial charge in [-0.25, -0.2) is 0 Å². The standard InChI is InChI=1S/C13H24N2O3/c14-9-13(4-2-1-3-5-13)6-12(18)15-7-10(16)11(17)8-15/h10-11,16-17H,1-9,14H2. The van der Waals surface area contributed by atoms with Gasteiger partial charge in [0.1, 0.15) is 0 Å². The van der Waals surface area contributed by atoms with Crippen molar-refractivity contribution in [2.24, 2.45) is 11.1 Å². The molecule has 0 spiro atoms. The Bertz CT molecular complexity index is 293. The Balaban J connectivity index is 1.93. The smallest absolute Gasteiger partial charge is 0.223 e. The molecule has 5 nitrogen and oxygen atoms in total. The van der Waals surface area contributed by atoms with Gasteiger partial charge >= 0.3 is 0 Å². The molecule has 2 atom stereocenters. The van der Waals surface area contributed by atoms with E-state index in [0.717, 1.165) is 25.7 Å². The number of β-amino-alcohol motifs (C(OH)–C–C–N with tert-alkyl or cyclic N) is 2. The van der Waals surface area contributed by atoms with Crippen LogP contribution >= 0.6 is 0 Å². The first-order valence-corrected chi connectivity index (χ1v) is 6.90. The van der Waals surface area contributed by atoms with E-state index in [2.05, 4.69) is 0 Å². The van der Waals surface area contributed by atoms with Gasteiger partial charge in [0, 0.05) is 19.5 Å². The van der Waals surface area contributed by atoms with Crippen molar-refractivity contribution in [1.82, 2.24) is 4.90 Å². The Morgan fingerprint density at radius 2 is 1.72 bits per heavy atom. The lowest BCUT2D eigenvalue weighted by atomic mass is 9.71. The molecule has 5 heteroatoms. The van der Waals surface area contributed by atoms with E-state index in [1.54, 1.807) is 4.90 Å². The van der Waals surface area contributed by atoms with Crippen LogP contribution in [0.2, 0.25) is 0 Å². The summed E-state index contributed by atoms with van der Waals surface area (Å²) in [5, 5.41) is 19.0. The van der Waals surface area contributed by atoms with Crippen molar-refractivity contribution >= 4 is 5.91 Å². The first kappa shape index (κ1) is 13.8. The number of carbonyl (C=O) groups is 1. The van der Waals surface area contributed by atoms with Crippen LogP contribution in [-0.2, 0) is 4.79 Å². The third-order valence-corrected chi connectivity index (χ3v) is 4.49. The summed E-state index contributed by atoms with van der Waals surface area (Å²) < 4.78 is 0. The number of rotatable bonds is 3. The number of nitrogens with zero attached hydrogens (tertiary/aromatic N) is 1. The van der Waals surface area contributed by atoms with Gasteiger partial charge in [0.05, 0.1) is 12.2 Å². The Labute approximate surface area is 108 Å². The first-order valence-electron chi connectivity index (χ1n) is 6.90. The molecular formula is C13H24N2O3. The van der Waals surface area contributed by atoms with Gasteiger partial charge in [-0.2, -0.15) is 0 Å². The van der Waals surface area contributed by atoms with Crippen molar-refractivity contribution in [3.63, 3.8) is 0 Å². The summed E-state index contributed by atoms with van der Waals surface area (Å²) in [7, 11) is 0. The van der Waals surface area contributed by atoms with Crippen LogP contribution < -0.4 is 5.73 Å². The van der Waals surface area contributed by atoms with Crippen LogP contribution in [0.1, 0.15) is 38.5 Å². The molecule has 0 aromatic heterocycles. The molecule has 2 rings (SSSR count). The largest absolute Gasteiger partial charge is 0.388 e. The second-order valence-electron chi connectivity index (χ2n) is 5.87. The minimum atomic E-state index is -0.797. The second-order valence-corrected chi connectivity index (χ2v) is 5.87. The number of hydrogen-bond acceptors (Lipinski definition) is 4. The molecular weight excluding hydrogens is 232 g/mol. The second kappa shape index (κ2) is 5.55. The molecule has 1 saturated heterocycles. The van der Waals surface area contributed by atoms with Crippen molar-refractivity contribution in [1.29, 1.82) is 0 Å². The zero-order valence-corrected chi connectivity index (χ0v) is 10.8. The summed E-state index contributed by atoms with van der Waals surface area (Å²) in [6, 6.07) is 0. The van der Waals surface area contributed by atoms with Gasteiger partial charge in [-0.05, 0) is 24.8 Å². The molecule has 2 aliphatic rings. The van der Waals surface area contributed by atoms with E-state index < -0.39 is 12.2 Å². The molecule has 1 heterocycles. The molecule has 1 saturated carbocycles. The number of aliphatic hydroxyl groups excluding tert-OH is 2. The van der Waals surface area contributed by atoms with Gasteiger partial charge in [0.2, 0.25) is 5.91 Å². The van der Waals surface area contributed by atoms with Gasteiger partial charge in [0.15, 0.2) is 0 Å². The van der Waals surface area contributed by atoms with E-state index in [9.17, 15) is 15.0 Å². The molecule has 104 valence electrons. The molecule has 4 N–H and O–H groups in total. The fourth-order valence-electron chi connectivity index (χ4n) is 3.16. The molecule has 1 amide bonds. The molecule has 0 aromatic carbocycles. The van der Waals surface area contributed by atoms with Crippen molar-refractivity contribution in [3.8, 4) is 0 Å². The molecule has 0 radical (unpaired) electrons. The Hall–Kier alpha value is -0.650. The van der Waals surface area contributed by atoms with E-state index in [0.29, 0.717) is 13.0 Å². The molecule has 2 unspecified atom stereocenters. The third kappa shape index (κ3) is 2.84. The van der Waals surface area contributed by atoms with Crippen LogP contribution in [0.5, 0.6) is 0 Å². The fraction of sp³-hybridized carbons (Fsp3) is 0.923. The number of likely N-dealkylation sites (tertiary alicyclic amines) is 1. The van der Waals surface area contributed by atoms with E-state index in [1.165, 1.54) is 6.42 Å². The maximum Gasteiger partial charge on any atom is 0.223 e.